The van der Waals surface area contributed by atoms with Crippen LogP contribution in [0.1, 0.15) is 32.3 Å². The minimum absolute atomic E-state index is 0.0299. The summed E-state index contributed by atoms with van der Waals surface area (Å²) in [6, 6.07) is 9.55. The van der Waals surface area contributed by atoms with Crippen molar-refractivity contribution < 1.29 is 8.42 Å². The van der Waals surface area contributed by atoms with Crippen LogP contribution in [0.25, 0.3) is 0 Å². The molecule has 98 valence electrons. The van der Waals surface area contributed by atoms with Gasteiger partial charge in [-0.25, -0.2) is 8.42 Å². The summed E-state index contributed by atoms with van der Waals surface area (Å²) in [6.45, 7) is 5.22. The van der Waals surface area contributed by atoms with Gasteiger partial charge in [0.1, 0.15) is 0 Å². The Kier molecular flexibility index (Phi) is 4.55. The lowest BCUT2D eigenvalue weighted by molar-refractivity contribution is 0.535. The molecule has 0 amide bonds. The van der Waals surface area contributed by atoms with E-state index in [9.17, 15) is 8.42 Å². The lowest BCUT2D eigenvalue weighted by Gasteiger charge is -2.21. The van der Waals surface area contributed by atoms with Crippen LogP contribution in [-0.2, 0) is 10.0 Å². The van der Waals surface area contributed by atoms with E-state index < -0.39 is 15.6 Å². The van der Waals surface area contributed by atoms with Crippen LogP contribution in [0.5, 0.6) is 0 Å². The summed E-state index contributed by atoms with van der Waals surface area (Å²) >= 11 is 0. The molecule has 1 N–H and O–H groups in total. The van der Waals surface area contributed by atoms with Gasteiger partial charge in [0, 0.05) is 0 Å². The van der Waals surface area contributed by atoms with E-state index in [0.29, 0.717) is 0 Å². The molecule has 18 heavy (non-hydrogen) atoms. The first kappa shape index (κ1) is 14.7. The van der Waals surface area contributed by atoms with Crippen LogP contribution in [0.15, 0.2) is 30.3 Å². The van der Waals surface area contributed by atoms with E-state index in [-0.39, 0.29) is 11.7 Å². The Balaban J connectivity index is 2.76. The van der Waals surface area contributed by atoms with Crippen molar-refractivity contribution in [1.29, 1.82) is 0 Å². The van der Waals surface area contributed by atoms with Gasteiger partial charge in [0.15, 0.2) is 0 Å². The SMILES string of the molecule is C#CC(C)(C)NS(=O)(=O)CC(C)c1ccccc1. The molecule has 0 radical (unpaired) electrons. The van der Waals surface area contributed by atoms with E-state index in [1.165, 1.54) is 0 Å². The molecule has 0 aromatic heterocycles. The summed E-state index contributed by atoms with van der Waals surface area (Å²) in [7, 11) is -3.39. The number of nitrogens with one attached hydrogen (secondary N) is 1. The van der Waals surface area contributed by atoms with Crippen LogP contribution >= 0.6 is 0 Å². The molecule has 4 heteroatoms. The highest BCUT2D eigenvalue weighted by Gasteiger charge is 2.24. The molecule has 0 aliphatic rings. The number of hydrogen-bond acceptors (Lipinski definition) is 2. The fourth-order valence-electron chi connectivity index (χ4n) is 1.67. The maximum absolute atomic E-state index is 12.0. The summed E-state index contributed by atoms with van der Waals surface area (Å²) in [5, 5.41) is 0. The summed E-state index contributed by atoms with van der Waals surface area (Å²) in [5.41, 5.74) is 0.149. The molecule has 0 spiro atoms. The van der Waals surface area contributed by atoms with Gasteiger partial charge in [-0.2, -0.15) is 4.72 Å². The first-order chi connectivity index (χ1) is 8.26. The Bertz CT molecular complexity index is 527. The Labute approximate surface area is 110 Å². The molecule has 0 bridgehead atoms. The van der Waals surface area contributed by atoms with E-state index in [0.717, 1.165) is 5.56 Å². The number of sulfonamides is 1. The predicted molar refractivity (Wildman–Crippen MR) is 74.7 cm³/mol. The Morgan fingerprint density at radius 2 is 1.89 bits per heavy atom. The van der Waals surface area contributed by atoms with Gasteiger partial charge < -0.3 is 0 Å². The summed E-state index contributed by atoms with van der Waals surface area (Å²) in [5.74, 6) is 2.38. The van der Waals surface area contributed by atoms with Crippen molar-refractivity contribution in [2.75, 3.05) is 5.75 Å². The molecule has 0 saturated heterocycles. The molecule has 0 fully saturated rings. The van der Waals surface area contributed by atoms with Crippen LogP contribution in [0.4, 0.5) is 0 Å². The maximum atomic E-state index is 12.0. The Morgan fingerprint density at radius 1 is 1.33 bits per heavy atom. The van der Waals surface area contributed by atoms with Crippen LogP contribution in [0, 0.1) is 12.3 Å². The third kappa shape index (κ3) is 4.52. The van der Waals surface area contributed by atoms with Gasteiger partial charge in [0.05, 0.1) is 11.3 Å². The summed E-state index contributed by atoms with van der Waals surface area (Å²) in [4.78, 5) is 0. The average Bonchev–Trinajstić information content (AvgIpc) is 2.28. The van der Waals surface area contributed by atoms with Crippen molar-refractivity contribution in [1.82, 2.24) is 4.72 Å². The van der Waals surface area contributed by atoms with Crippen LogP contribution in [-0.4, -0.2) is 19.7 Å². The highest BCUT2D eigenvalue weighted by atomic mass is 32.2. The normalized spacial score (nSPS) is 13.9. The second-order valence-corrected chi connectivity index (χ2v) is 6.73. The Morgan fingerprint density at radius 3 is 2.39 bits per heavy atom. The first-order valence-corrected chi connectivity index (χ1v) is 7.45. The zero-order valence-electron chi connectivity index (χ0n) is 11.0. The van der Waals surface area contributed by atoms with Gasteiger partial charge in [-0.05, 0) is 25.3 Å². The fraction of sp³-hybridized carbons (Fsp3) is 0.429. The molecule has 1 rings (SSSR count). The highest BCUT2D eigenvalue weighted by Crippen LogP contribution is 2.17. The Hall–Kier alpha value is -1.31. The third-order valence-electron chi connectivity index (χ3n) is 2.61. The zero-order chi connectivity index (χ0) is 13.8. The van der Waals surface area contributed by atoms with Gasteiger partial charge in [0.2, 0.25) is 10.0 Å². The van der Waals surface area contributed by atoms with Gasteiger partial charge in [-0.1, -0.05) is 43.2 Å². The van der Waals surface area contributed by atoms with Crippen molar-refractivity contribution >= 4 is 10.0 Å². The number of hydrogen-bond donors (Lipinski definition) is 1. The largest absolute Gasteiger partial charge is 0.213 e. The zero-order valence-corrected chi connectivity index (χ0v) is 11.8. The average molecular weight is 265 g/mol. The van der Waals surface area contributed by atoms with E-state index >= 15 is 0 Å². The molecule has 1 unspecified atom stereocenters. The highest BCUT2D eigenvalue weighted by molar-refractivity contribution is 7.89. The van der Waals surface area contributed by atoms with Crippen LogP contribution < -0.4 is 4.72 Å². The fourth-order valence-corrected chi connectivity index (χ4v) is 3.44. The number of benzene rings is 1. The van der Waals surface area contributed by atoms with Crippen molar-refractivity contribution in [2.24, 2.45) is 0 Å². The standard InChI is InChI=1S/C14H19NO2S/c1-5-14(3,4)15-18(16,17)11-12(2)13-9-7-6-8-10-13/h1,6-10,12,15H,11H2,2-4H3. The second-order valence-electron chi connectivity index (χ2n) is 4.96. The molecule has 0 heterocycles. The van der Waals surface area contributed by atoms with E-state index in [4.69, 9.17) is 6.42 Å². The third-order valence-corrected chi connectivity index (χ3v) is 4.37. The number of terminal acetylenes is 1. The lowest BCUT2D eigenvalue weighted by Crippen LogP contribution is -2.43. The quantitative estimate of drug-likeness (QED) is 0.829. The smallest absolute Gasteiger partial charge is 0.212 e. The van der Waals surface area contributed by atoms with E-state index in [2.05, 4.69) is 10.6 Å². The molecule has 1 aromatic rings. The lowest BCUT2D eigenvalue weighted by atomic mass is 10.0. The molecule has 1 aromatic carbocycles. The van der Waals surface area contributed by atoms with Crippen molar-refractivity contribution in [3.8, 4) is 12.3 Å². The van der Waals surface area contributed by atoms with Crippen LogP contribution in [0.3, 0.4) is 0 Å². The van der Waals surface area contributed by atoms with Crippen molar-refractivity contribution in [2.45, 2.75) is 32.2 Å². The molecule has 0 aliphatic heterocycles. The summed E-state index contributed by atoms with van der Waals surface area (Å²) in [6.07, 6.45) is 5.28. The molecular weight excluding hydrogens is 246 g/mol. The van der Waals surface area contributed by atoms with Crippen molar-refractivity contribution in [3.63, 3.8) is 0 Å². The van der Waals surface area contributed by atoms with E-state index in [1.54, 1.807) is 13.8 Å². The van der Waals surface area contributed by atoms with Gasteiger partial charge in [-0.15, -0.1) is 6.42 Å². The molecular formula is C14H19NO2S. The van der Waals surface area contributed by atoms with Gasteiger partial charge >= 0.3 is 0 Å². The minimum Gasteiger partial charge on any atom is -0.212 e. The summed E-state index contributed by atoms with van der Waals surface area (Å²) < 4.78 is 26.5. The predicted octanol–water partition coefficient (Wildman–Crippen LogP) is 2.12. The number of rotatable bonds is 5. The molecule has 1 atom stereocenters. The minimum atomic E-state index is -3.39. The molecule has 0 aliphatic carbocycles. The second kappa shape index (κ2) is 5.55. The first-order valence-electron chi connectivity index (χ1n) is 5.80. The maximum Gasteiger partial charge on any atom is 0.213 e. The topological polar surface area (TPSA) is 46.2 Å². The van der Waals surface area contributed by atoms with Gasteiger partial charge in [-0.3, -0.25) is 0 Å². The van der Waals surface area contributed by atoms with E-state index in [1.807, 2.05) is 37.3 Å². The van der Waals surface area contributed by atoms with Gasteiger partial charge in [0.25, 0.3) is 0 Å². The molecule has 0 saturated carbocycles. The van der Waals surface area contributed by atoms with Crippen LogP contribution in [0.2, 0.25) is 0 Å². The molecule has 3 nitrogen and oxygen atoms in total. The van der Waals surface area contributed by atoms with Crippen molar-refractivity contribution in [3.05, 3.63) is 35.9 Å². The monoisotopic (exact) mass is 265 g/mol.